The summed E-state index contributed by atoms with van der Waals surface area (Å²) in [5, 5.41) is 3.34. The van der Waals surface area contributed by atoms with Crippen molar-refractivity contribution in [3.63, 3.8) is 0 Å². The van der Waals surface area contributed by atoms with Gasteiger partial charge in [0.05, 0.1) is 19.3 Å². The topological polar surface area (TPSA) is 33.6 Å². The number of nitrogens with one attached hydrogen (secondary N) is 1. The third-order valence-electron chi connectivity index (χ3n) is 3.72. The van der Waals surface area contributed by atoms with Crippen molar-refractivity contribution in [3.8, 4) is 0 Å². The molecule has 1 aromatic rings. The number of nitrogens with zero attached hydrogens (tertiary/aromatic N) is 1. The van der Waals surface area contributed by atoms with Gasteiger partial charge in [-0.3, -0.25) is 4.99 Å². The molecule has 1 N–H and O–H groups in total. The van der Waals surface area contributed by atoms with Crippen LogP contribution in [0.1, 0.15) is 36.8 Å². The minimum Gasteiger partial charge on any atom is -0.374 e. The molecule has 96 valence electrons. The van der Waals surface area contributed by atoms with Gasteiger partial charge in [-0.05, 0) is 18.4 Å². The fourth-order valence-electron chi connectivity index (χ4n) is 2.72. The second kappa shape index (κ2) is 5.53. The van der Waals surface area contributed by atoms with E-state index in [9.17, 15) is 0 Å². The first-order valence-electron chi connectivity index (χ1n) is 6.92. The van der Waals surface area contributed by atoms with Gasteiger partial charge in [0, 0.05) is 12.1 Å². The molecule has 0 spiro atoms. The van der Waals surface area contributed by atoms with E-state index in [-0.39, 0.29) is 0 Å². The molecular formula is C15H20N2O. The normalized spacial score (nSPS) is 19.9. The summed E-state index contributed by atoms with van der Waals surface area (Å²) in [5.41, 5.74) is 2.45. The number of hydrogen-bond donors (Lipinski definition) is 1. The monoisotopic (exact) mass is 244 g/mol. The molecule has 1 fully saturated rings. The van der Waals surface area contributed by atoms with Gasteiger partial charge in [-0.25, -0.2) is 0 Å². The molecule has 18 heavy (non-hydrogen) atoms. The summed E-state index contributed by atoms with van der Waals surface area (Å²) < 4.78 is 6.01. The van der Waals surface area contributed by atoms with Crippen LogP contribution in [0.15, 0.2) is 29.3 Å². The first-order chi connectivity index (χ1) is 8.93. The first kappa shape index (κ1) is 11.7. The zero-order valence-corrected chi connectivity index (χ0v) is 10.7. The van der Waals surface area contributed by atoms with E-state index in [2.05, 4.69) is 34.6 Å². The SMILES string of the molecule is c1ccc(C2=NCCN2)c(COC2CCCC2)c1. The largest absolute Gasteiger partial charge is 0.374 e. The van der Waals surface area contributed by atoms with Crippen molar-refractivity contribution in [2.75, 3.05) is 13.1 Å². The van der Waals surface area contributed by atoms with Gasteiger partial charge in [-0.2, -0.15) is 0 Å². The van der Waals surface area contributed by atoms with Gasteiger partial charge < -0.3 is 10.1 Å². The second-order valence-corrected chi connectivity index (χ2v) is 5.03. The molecule has 2 aliphatic rings. The molecule has 3 heteroatoms. The lowest BCUT2D eigenvalue weighted by Crippen LogP contribution is -2.21. The van der Waals surface area contributed by atoms with E-state index in [1.807, 2.05) is 0 Å². The van der Waals surface area contributed by atoms with Gasteiger partial charge in [0.2, 0.25) is 0 Å². The van der Waals surface area contributed by atoms with E-state index in [4.69, 9.17) is 4.74 Å². The van der Waals surface area contributed by atoms with Crippen LogP contribution in [-0.4, -0.2) is 25.0 Å². The molecule has 0 bridgehead atoms. The van der Waals surface area contributed by atoms with Crippen LogP contribution in [0.3, 0.4) is 0 Å². The van der Waals surface area contributed by atoms with Crippen molar-refractivity contribution in [1.82, 2.24) is 5.32 Å². The van der Waals surface area contributed by atoms with Crippen LogP contribution >= 0.6 is 0 Å². The van der Waals surface area contributed by atoms with Crippen molar-refractivity contribution < 1.29 is 4.74 Å². The number of ether oxygens (including phenoxy) is 1. The highest BCUT2D eigenvalue weighted by molar-refractivity contribution is 6.00. The molecule has 0 amide bonds. The maximum absolute atomic E-state index is 6.01. The Balaban J connectivity index is 1.70. The molecule has 1 aromatic carbocycles. The highest BCUT2D eigenvalue weighted by Crippen LogP contribution is 2.23. The lowest BCUT2D eigenvalue weighted by molar-refractivity contribution is 0.0456. The van der Waals surface area contributed by atoms with Crippen LogP contribution in [0.5, 0.6) is 0 Å². The third kappa shape index (κ3) is 2.56. The summed E-state index contributed by atoms with van der Waals surface area (Å²) in [6.07, 6.45) is 5.56. The molecular weight excluding hydrogens is 224 g/mol. The molecule has 1 heterocycles. The lowest BCUT2D eigenvalue weighted by Gasteiger charge is -2.14. The van der Waals surface area contributed by atoms with Crippen molar-refractivity contribution >= 4 is 5.84 Å². The van der Waals surface area contributed by atoms with E-state index in [1.165, 1.54) is 36.8 Å². The summed E-state index contributed by atoms with van der Waals surface area (Å²) >= 11 is 0. The van der Waals surface area contributed by atoms with E-state index in [0.29, 0.717) is 12.7 Å². The second-order valence-electron chi connectivity index (χ2n) is 5.03. The zero-order valence-electron chi connectivity index (χ0n) is 10.7. The Hall–Kier alpha value is -1.35. The Morgan fingerprint density at radius 2 is 2.06 bits per heavy atom. The predicted molar refractivity (Wildman–Crippen MR) is 72.9 cm³/mol. The molecule has 3 nitrogen and oxygen atoms in total. The van der Waals surface area contributed by atoms with Crippen LogP contribution in [-0.2, 0) is 11.3 Å². The fourth-order valence-corrected chi connectivity index (χ4v) is 2.72. The molecule has 0 aromatic heterocycles. The number of rotatable bonds is 4. The van der Waals surface area contributed by atoms with Crippen LogP contribution in [0.2, 0.25) is 0 Å². The van der Waals surface area contributed by atoms with Gasteiger partial charge in [0.1, 0.15) is 5.84 Å². The van der Waals surface area contributed by atoms with Gasteiger partial charge in [-0.15, -0.1) is 0 Å². The number of hydrogen-bond acceptors (Lipinski definition) is 3. The Morgan fingerprint density at radius 3 is 2.83 bits per heavy atom. The van der Waals surface area contributed by atoms with Crippen LogP contribution < -0.4 is 5.32 Å². The summed E-state index contributed by atoms with van der Waals surface area (Å²) in [4.78, 5) is 4.50. The number of aliphatic imine (C=N–C) groups is 1. The van der Waals surface area contributed by atoms with E-state index in [0.717, 1.165) is 18.9 Å². The zero-order chi connectivity index (χ0) is 12.2. The summed E-state index contributed by atoms with van der Waals surface area (Å²) in [7, 11) is 0. The van der Waals surface area contributed by atoms with Crippen molar-refractivity contribution in [2.24, 2.45) is 4.99 Å². The molecule has 0 atom stereocenters. The van der Waals surface area contributed by atoms with E-state index < -0.39 is 0 Å². The maximum Gasteiger partial charge on any atom is 0.128 e. The first-order valence-corrected chi connectivity index (χ1v) is 6.92. The van der Waals surface area contributed by atoms with Gasteiger partial charge in [0.15, 0.2) is 0 Å². The summed E-state index contributed by atoms with van der Waals surface area (Å²) in [6.45, 7) is 2.54. The van der Waals surface area contributed by atoms with Gasteiger partial charge in [-0.1, -0.05) is 37.1 Å². The van der Waals surface area contributed by atoms with Gasteiger partial charge in [0.25, 0.3) is 0 Å². The van der Waals surface area contributed by atoms with Crippen LogP contribution in [0, 0.1) is 0 Å². The van der Waals surface area contributed by atoms with Crippen molar-refractivity contribution in [1.29, 1.82) is 0 Å². The minimum absolute atomic E-state index is 0.469. The molecule has 1 aliphatic heterocycles. The predicted octanol–water partition coefficient (Wildman–Crippen LogP) is 2.50. The molecule has 3 rings (SSSR count). The van der Waals surface area contributed by atoms with Crippen LogP contribution in [0.4, 0.5) is 0 Å². The van der Waals surface area contributed by atoms with Crippen molar-refractivity contribution in [2.45, 2.75) is 38.4 Å². The van der Waals surface area contributed by atoms with E-state index >= 15 is 0 Å². The van der Waals surface area contributed by atoms with Gasteiger partial charge >= 0.3 is 0 Å². The number of benzene rings is 1. The summed E-state index contributed by atoms with van der Waals surface area (Å²) in [6, 6.07) is 8.42. The maximum atomic E-state index is 6.01. The third-order valence-corrected chi connectivity index (χ3v) is 3.72. The standard InChI is InChI=1S/C15H20N2O/c1-4-8-14(15-16-9-10-17-15)12(5-1)11-18-13-6-2-3-7-13/h1,4-5,8,13H,2-3,6-7,9-11H2,(H,16,17). The molecule has 0 unspecified atom stereocenters. The summed E-state index contributed by atoms with van der Waals surface area (Å²) in [5.74, 6) is 1.03. The molecule has 0 saturated heterocycles. The average molecular weight is 244 g/mol. The van der Waals surface area contributed by atoms with E-state index in [1.54, 1.807) is 0 Å². The quantitative estimate of drug-likeness (QED) is 0.883. The Labute approximate surface area is 108 Å². The molecule has 0 radical (unpaired) electrons. The highest BCUT2D eigenvalue weighted by Gasteiger charge is 2.17. The smallest absolute Gasteiger partial charge is 0.128 e. The molecule has 1 saturated carbocycles. The average Bonchev–Trinajstić information content (AvgIpc) is 3.10. The highest BCUT2D eigenvalue weighted by atomic mass is 16.5. The Morgan fingerprint density at radius 1 is 1.22 bits per heavy atom. The van der Waals surface area contributed by atoms with Crippen LogP contribution in [0.25, 0.3) is 0 Å². The fraction of sp³-hybridized carbons (Fsp3) is 0.533. The van der Waals surface area contributed by atoms with Crippen molar-refractivity contribution in [3.05, 3.63) is 35.4 Å². The number of amidine groups is 1. The lowest BCUT2D eigenvalue weighted by atomic mass is 10.1. The minimum atomic E-state index is 0.469. The Bertz CT molecular complexity index is 436. The Kier molecular flexibility index (Phi) is 3.60. The molecule has 1 aliphatic carbocycles.